The molecule has 4 rings (SSSR count). The Balaban J connectivity index is 1.63. The SMILES string of the molecule is COc1ccc(NC(=O)N2CCc3[nH]cnc3[C@H]2c2ccccc2)cc1OC. The minimum absolute atomic E-state index is 0.185. The summed E-state index contributed by atoms with van der Waals surface area (Å²) < 4.78 is 10.6. The molecule has 0 radical (unpaired) electrons. The number of fused-ring (bicyclic) bond motifs is 1. The van der Waals surface area contributed by atoms with Gasteiger partial charge in [0.2, 0.25) is 0 Å². The van der Waals surface area contributed by atoms with Crippen LogP contribution in [0.25, 0.3) is 0 Å². The number of urea groups is 1. The number of carbonyl (C=O) groups excluding carboxylic acids is 1. The number of methoxy groups -OCH3 is 2. The average molecular weight is 378 g/mol. The van der Waals surface area contributed by atoms with Crippen molar-refractivity contribution in [2.75, 3.05) is 26.1 Å². The fraction of sp³-hybridized carbons (Fsp3) is 0.238. The molecule has 2 amide bonds. The van der Waals surface area contributed by atoms with Crippen molar-refractivity contribution >= 4 is 11.7 Å². The molecule has 0 saturated carbocycles. The molecule has 144 valence electrons. The Morgan fingerprint density at radius 3 is 2.68 bits per heavy atom. The summed E-state index contributed by atoms with van der Waals surface area (Å²) in [5, 5.41) is 2.97. The number of amides is 2. The molecular weight excluding hydrogens is 356 g/mol. The van der Waals surface area contributed by atoms with Gasteiger partial charge in [-0.25, -0.2) is 9.78 Å². The van der Waals surface area contributed by atoms with E-state index < -0.39 is 0 Å². The first kappa shape index (κ1) is 17.9. The van der Waals surface area contributed by atoms with E-state index in [0.29, 0.717) is 23.7 Å². The van der Waals surface area contributed by atoms with E-state index in [1.165, 1.54) is 0 Å². The van der Waals surface area contributed by atoms with E-state index in [1.54, 1.807) is 38.7 Å². The van der Waals surface area contributed by atoms with Gasteiger partial charge in [0.15, 0.2) is 11.5 Å². The van der Waals surface area contributed by atoms with Crippen LogP contribution in [0.1, 0.15) is 23.0 Å². The molecule has 2 aromatic carbocycles. The highest BCUT2D eigenvalue weighted by atomic mass is 16.5. The van der Waals surface area contributed by atoms with Crippen molar-refractivity contribution in [3.8, 4) is 11.5 Å². The Morgan fingerprint density at radius 2 is 1.93 bits per heavy atom. The second kappa shape index (κ2) is 7.64. The third-order valence-corrected chi connectivity index (χ3v) is 4.94. The zero-order valence-electron chi connectivity index (χ0n) is 15.8. The Labute approximate surface area is 163 Å². The standard InChI is InChI=1S/C21H22N4O3/c1-27-17-9-8-15(12-18(17)28-2)24-21(26)25-11-10-16-19(23-13-22-16)20(25)14-6-4-3-5-7-14/h3-9,12-13,20H,10-11H2,1-2H3,(H,22,23)(H,24,26)/t20-/m1/s1. The maximum atomic E-state index is 13.1. The second-order valence-corrected chi connectivity index (χ2v) is 6.52. The lowest BCUT2D eigenvalue weighted by Gasteiger charge is -2.35. The fourth-order valence-corrected chi connectivity index (χ4v) is 3.58. The second-order valence-electron chi connectivity index (χ2n) is 6.52. The minimum atomic E-state index is -0.239. The van der Waals surface area contributed by atoms with Crippen LogP contribution in [0.3, 0.4) is 0 Å². The van der Waals surface area contributed by atoms with Crippen molar-refractivity contribution in [2.24, 2.45) is 0 Å². The van der Waals surface area contributed by atoms with Crippen LogP contribution in [0.4, 0.5) is 10.5 Å². The number of anilines is 1. The van der Waals surface area contributed by atoms with E-state index >= 15 is 0 Å². The lowest BCUT2D eigenvalue weighted by molar-refractivity contribution is 0.192. The molecule has 0 bridgehead atoms. The molecule has 0 aliphatic carbocycles. The van der Waals surface area contributed by atoms with E-state index in [-0.39, 0.29) is 12.1 Å². The number of ether oxygens (including phenoxy) is 2. The molecule has 1 aliphatic rings. The molecular formula is C21H22N4O3. The van der Waals surface area contributed by atoms with Gasteiger partial charge in [-0.3, -0.25) is 0 Å². The number of aromatic amines is 1. The fourth-order valence-electron chi connectivity index (χ4n) is 3.58. The van der Waals surface area contributed by atoms with Crippen LogP contribution < -0.4 is 14.8 Å². The molecule has 3 aromatic rings. The molecule has 28 heavy (non-hydrogen) atoms. The van der Waals surface area contributed by atoms with Crippen LogP contribution in [-0.4, -0.2) is 41.7 Å². The third kappa shape index (κ3) is 3.26. The summed E-state index contributed by atoms with van der Waals surface area (Å²) in [5.41, 5.74) is 3.63. The number of carbonyl (C=O) groups is 1. The van der Waals surface area contributed by atoms with Gasteiger partial charge in [-0.15, -0.1) is 0 Å². The van der Waals surface area contributed by atoms with Crippen molar-refractivity contribution in [3.05, 3.63) is 71.8 Å². The Bertz CT molecular complexity index is 971. The third-order valence-electron chi connectivity index (χ3n) is 4.94. The van der Waals surface area contributed by atoms with E-state index in [0.717, 1.165) is 23.4 Å². The normalized spacial score (nSPS) is 15.6. The first-order chi connectivity index (χ1) is 13.7. The monoisotopic (exact) mass is 378 g/mol. The first-order valence-electron chi connectivity index (χ1n) is 9.08. The molecule has 1 atom stereocenters. The maximum Gasteiger partial charge on any atom is 0.322 e. The molecule has 1 aliphatic heterocycles. The number of rotatable bonds is 4. The van der Waals surface area contributed by atoms with E-state index in [4.69, 9.17) is 9.47 Å². The summed E-state index contributed by atoms with van der Waals surface area (Å²) in [6.07, 6.45) is 2.42. The number of aromatic nitrogens is 2. The first-order valence-corrected chi connectivity index (χ1v) is 9.08. The van der Waals surface area contributed by atoms with Gasteiger partial charge in [0.05, 0.1) is 26.2 Å². The van der Waals surface area contributed by atoms with E-state index in [2.05, 4.69) is 15.3 Å². The molecule has 2 heterocycles. The van der Waals surface area contributed by atoms with Gasteiger partial charge >= 0.3 is 6.03 Å². The molecule has 0 unspecified atom stereocenters. The highest BCUT2D eigenvalue weighted by Crippen LogP contribution is 2.34. The zero-order valence-corrected chi connectivity index (χ0v) is 15.8. The number of imidazole rings is 1. The van der Waals surface area contributed by atoms with Crippen LogP contribution in [-0.2, 0) is 6.42 Å². The summed E-state index contributed by atoms with van der Waals surface area (Å²) >= 11 is 0. The smallest absolute Gasteiger partial charge is 0.322 e. The Hall–Kier alpha value is -3.48. The maximum absolute atomic E-state index is 13.1. The number of hydrogen-bond donors (Lipinski definition) is 2. The summed E-state index contributed by atoms with van der Waals surface area (Å²) in [6.45, 7) is 0.591. The number of hydrogen-bond acceptors (Lipinski definition) is 4. The lowest BCUT2D eigenvalue weighted by atomic mass is 9.96. The molecule has 2 N–H and O–H groups in total. The number of benzene rings is 2. The highest BCUT2D eigenvalue weighted by Gasteiger charge is 2.34. The van der Waals surface area contributed by atoms with E-state index in [1.807, 2.05) is 35.2 Å². The van der Waals surface area contributed by atoms with Crippen LogP contribution in [0.2, 0.25) is 0 Å². The van der Waals surface area contributed by atoms with Crippen molar-refractivity contribution in [1.29, 1.82) is 0 Å². The van der Waals surface area contributed by atoms with Gasteiger partial charge in [-0.05, 0) is 17.7 Å². The minimum Gasteiger partial charge on any atom is -0.493 e. The summed E-state index contributed by atoms with van der Waals surface area (Å²) in [4.78, 5) is 22.6. The topological polar surface area (TPSA) is 79.5 Å². The van der Waals surface area contributed by atoms with Gasteiger partial charge in [-0.1, -0.05) is 30.3 Å². The Morgan fingerprint density at radius 1 is 1.14 bits per heavy atom. The quantitative estimate of drug-likeness (QED) is 0.727. The van der Waals surface area contributed by atoms with Crippen LogP contribution in [0.15, 0.2) is 54.9 Å². The van der Waals surface area contributed by atoms with Crippen molar-refractivity contribution in [2.45, 2.75) is 12.5 Å². The molecule has 7 nitrogen and oxygen atoms in total. The predicted molar refractivity (Wildman–Crippen MR) is 106 cm³/mol. The van der Waals surface area contributed by atoms with Crippen LogP contribution in [0, 0.1) is 0 Å². The zero-order chi connectivity index (χ0) is 19.5. The van der Waals surface area contributed by atoms with Crippen molar-refractivity contribution in [1.82, 2.24) is 14.9 Å². The molecule has 1 aromatic heterocycles. The largest absolute Gasteiger partial charge is 0.493 e. The van der Waals surface area contributed by atoms with Crippen molar-refractivity contribution in [3.63, 3.8) is 0 Å². The van der Waals surface area contributed by atoms with Crippen LogP contribution in [0.5, 0.6) is 11.5 Å². The number of H-pyrrole nitrogens is 1. The van der Waals surface area contributed by atoms with Crippen molar-refractivity contribution < 1.29 is 14.3 Å². The number of nitrogens with zero attached hydrogens (tertiary/aromatic N) is 2. The molecule has 7 heteroatoms. The van der Waals surface area contributed by atoms with Gasteiger partial charge < -0.3 is 24.7 Å². The summed E-state index contributed by atoms with van der Waals surface area (Å²) in [6, 6.07) is 14.8. The van der Waals surface area contributed by atoms with Gasteiger partial charge in [-0.2, -0.15) is 0 Å². The molecule has 0 spiro atoms. The van der Waals surface area contributed by atoms with Gasteiger partial charge in [0, 0.05) is 30.4 Å². The van der Waals surface area contributed by atoms with Gasteiger partial charge in [0.1, 0.15) is 6.04 Å². The van der Waals surface area contributed by atoms with E-state index in [9.17, 15) is 4.79 Å². The summed E-state index contributed by atoms with van der Waals surface area (Å²) in [7, 11) is 3.15. The molecule has 0 fully saturated rings. The average Bonchev–Trinajstić information content (AvgIpc) is 3.22. The molecule has 0 saturated heterocycles. The summed E-state index contributed by atoms with van der Waals surface area (Å²) in [5.74, 6) is 1.18. The number of nitrogens with one attached hydrogen (secondary N) is 2. The predicted octanol–water partition coefficient (Wildman–Crippen LogP) is 3.61. The Kier molecular flexibility index (Phi) is 4.89. The lowest BCUT2D eigenvalue weighted by Crippen LogP contribution is -2.43. The van der Waals surface area contributed by atoms with Crippen LogP contribution >= 0.6 is 0 Å². The van der Waals surface area contributed by atoms with Gasteiger partial charge in [0.25, 0.3) is 0 Å². The highest BCUT2D eigenvalue weighted by molar-refractivity contribution is 5.90.